The molecule has 0 unspecified atom stereocenters. The summed E-state index contributed by atoms with van der Waals surface area (Å²) in [6.45, 7) is 6.31. The summed E-state index contributed by atoms with van der Waals surface area (Å²) in [5.41, 5.74) is 10.2. The number of fused-ring (bicyclic) bond motifs is 1. The zero-order valence-electron chi connectivity index (χ0n) is 19.5. The largest absolute Gasteiger partial charge is 0.496 e. The number of hydrogen-bond donors (Lipinski definition) is 0. The normalized spacial score (nSPS) is 11.0. The minimum Gasteiger partial charge on any atom is -0.496 e. The smallest absolute Gasteiger partial charge is 0.131 e. The van der Waals surface area contributed by atoms with Crippen LogP contribution in [0.5, 0.6) is 5.75 Å². The number of aryl methyl sites for hydroxylation is 2. The molecule has 33 heavy (non-hydrogen) atoms. The molecule has 0 radical (unpaired) electrons. The second kappa shape index (κ2) is 8.55. The molecule has 0 bridgehead atoms. The van der Waals surface area contributed by atoms with E-state index in [1.165, 1.54) is 33.4 Å². The summed E-state index contributed by atoms with van der Waals surface area (Å²) in [5, 5.41) is 2.25. The van der Waals surface area contributed by atoms with Crippen molar-refractivity contribution in [2.75, 3.05) is 7.11 Å². The number of pyridine rings is 1. The van der Waals surface area contributed by atoms with Gasteiger partial charge in [-0.15, -0.1) is 0 Å². The van der Waals surface area contributed by atoms with E-state index in [0.717, 1.165) is 33.5 Å². The fourth-order valence-corrected chi connectivity index (χ4v) is 4.59. The molecule has 1 heterocycles. The SMILES string of the molecule is COc1c(C)c(C)cc2cc(-c3cc(-c4ccccc4)cc(-c4ccccc4)c3)nc(C)c12. The van der Waals surface area contributed by atoms with Gasteiger partial charge in [-0.05, 0) is 83.8 Å². The summed E-state index contributed by atoms with van der Waals surface area (Å²) in [7, 11) is 1.74. The second-order valence-corrected chi connectivity index (χ2v) is 8.57. The third-order valence-electron chi connectivity index (χ3n) is 6.41. The van der Waals surface area contributed by atoms with Crippen LogP contribution >= 0.6 is 0 Å². The quantitative estimate of drug-likeness (QED) is 0.287. The van der Waals surface area contributed by atoms with E-state index >= 15 is 0 Å². The third-order valence-corrected chi connectivity index (χ3v) is 6.41. The Morgan fingerprint density at radius 1 is 0.606 bits per heavy atom. The lowest BCUT2D eigenvalue weighted by atomic mass is 9.93. The maximum absolute atomic E-state index is 5.78. The molecule has 0 amide bonds. The summed E-state index contributed by atoms with van der Waals surface area (Å²) in [6, 6.07) is 32.2. The van der Waals surface area contributed by atoms with Crippen molar-refractivity contribution in [1.82, 2.24) is 4.98 Å². The van der Waals surface area contributed by atoms with Crippen LogP contribution in [0.3, 0.4) is 0 Å². The molecular formula is C31H27NO. The van der Waals surface area contributed by atoms with Crippen LogP contribution in [0.2, 0.25) is 0 Å². The van der Waals surface area contributed by atoms with Gasteiger partial charge in [0.25, 0.3) is 0 Å². The van der Waals surface area contributed by atoms with E-state index in [-0.39, 0.29) is 0 Å². The molecule has 0 aliphatic carbocycles. The highest BCUT2D eigenvalue weighted by Gasteiger charge is 2.15. The molecule has 1 aromatic heterocycles. The highest BCUT2D eigenvalue weighted by Crippen LogP contribution is 2.37. The molecule has 5 rings (SSSR count). The second-order valence-electron chi connectivity index (χ2n) is 8.57. The Morgan fingerprint density at radius 2 is 1.15 bits per heavy atom. The van der Waals surface area contributed by atoms with E-state index < -0.39 is 0 Å². The number of hydrogen-bond acceptors (Lipinski definition) is 2. The zero-order valence-corrected chi connectivity index (χ0v) is 19.5. The number of benzene rings is 4. The van der Waals surface area contributed by atoms with E-state index in [1.54, 1.807) is 7.11 Å². The molecule has 162 valence electrons. The molecule has 0 saturated heterocycles. The van der Waals surface area contributed by atoms with Gasteiger partial charge in [0.2, 0.25) is 0 Å². The summed E-state index contributed by atoms with van der Waals surface area (Å²) in [5.74, 6) is 0.921. The molecule has 0 saturated carbocycles. The highest BCUT2D eigenvalue weighted by molar-refractivity contribution is 5.95. The highest BCUT2D eigenvalue weighted by atomic mass is 16.5. The molecule has 2 heteroatoms. The molecule has 4 aromatic carbocycles. The van der Waals surface area contributed by atoms with Gasteiger partial charge in [0, 0.05) is 16.6 Å². The Balaban J connectivity index is 1.76. The van der Waals surface area contributed by atoms with Gasteiger partial charge < -0.3 is 4.74 Å². The first-order valence-electron chi connectivity index (χ1n) is 11.3. The van der Waals surface area contributed by atoms with Crippen LogP contribution in [0.1, 0.15) is 16.8 Å². The molecule has 0 spiro atoms. The summed E-state index contributed by atoms with van der Waals surface area (Å²) in [6.07, 6.45) is 0. The molecular weight excluding hydrogens is 402 g/mol. The molecule has 0 fully saturated rings. The van der Waals surface area contributed by atoms with Crippen molar-refractivity contribution in [1.29, 1.82) is 0 Å². The fourth-order valence-electron chi connectivity index (χ4n) is 4.59. The van der Waals surface area contributed by atoms with Gasteiger partial charge in [0.15, 0.2) is 0 Å². The Bertz CT molecular complexity index is 1400. The predicted octanol–water partition coefficient (Wildman–Crippen LogP) is 8.17. The standard InChI is InChI=1S/C31H27NO/c1-20-15-28-19-29(32-22(3)30(28)31(33-4)21(20)2)27-17-25(23-11-7-5-8-12-23)16-26(18-27)24-13-9-6-10-14-24/h5-19H,1-4H3. The Hall–Kier alpha value is -3.91. The maximum Gasteiger partial charge on any atom is 0.131 e. The van der Waals surface area contributed by atoms with Crippen LogP contribution in [0, 0.1) is 20.8 Å². The van der Waals surface area contributed by atoms with Crippen LogP contribution in [0.15, 0.2) is 91.0 Å². The summed E-state index contributed by atoms with van der Waals surface area (Å²) < 4.78 is 5.78. The lowest BCUT2D eigenvalue weighted by Crippen LogP contribution is -1.97. The van der Waals surface area contributed by atoms with E-state index in [0.29, 0.717) is 0 Å². The van der Waals surface area contributed by atoms with E-state index in [2.05, 4.69) is 112 Å². The first kappa shape index (κ1) is 21.0. The van der Waals surface area contributed by atoms with Crippen LogP contribution in [0.25, 0.3) is 44.3 Å². The molecule has 0 aliphatic heterocycles. The number of nitrogens with zero attached hydrogens (tertiary/aromatic N) is 1. The summed E-state index contributed by atoms with van der Waals surface area (Å²) >= 11 is 0. The number of ether oxygens (including phenoxy) is 1. The van der Waals surface area contributed by atoms with Crippen molar-refractivity contribution < 1.29 is 4.74 Å². The van der Waals surface area contributed by atoms with Crippen molar-refractivity contribution in [3.05, 3.63) is 108 Å². The lowest BCUT2D eigenvalue weighted by molar-refractivity contribution is 0.416. The first-order chi connectivity index (χ1) is 16.0. The predicted molar refractivity (Wildman–Crippen MR) is 139 cm³/mol. The van der Waals surface area contributed by atoms with Gasteiger partial charge in [0.1, 0.15) is 5.75 Å². The number of aromatic nitrogens is 1. The van der Waals surface area contributed by atoms with E-state index in [1.807, 2.05) is 0 Å². The number of rotatable bonds is 4. The van der Waals surface area contributed by atoms with Crippen molar-refractivity contribution >= 4 is 10.8 Å². The lowest BCUT2D eigenvalue weighted by Gasteiger charge is -2.16. The van der Waals surface area contributed by atoms with Gasteiger partial charge in [-0.25, -0.2) is 0 Å². The minimum absolute atomic E-state index is 0.921. The van der Waals surface area contributed by atoms with Crippen LogP contribution in [-0.2, 0) is 0 Å². The van der Waals surface area contributed by atoms with Crippen molar-refractivity contribution in [3.8, 4) is 39.3 Å². The molecule has 2 nitrogen and oxygen atoms in total. The van der Waals surface area contributed by atoms with Crippen LogP contribution in [-0.4, -0.2) is 12.1 Å². The van der Waals surface area contributed by atoms with Gasteiger partial charge in [-0.2, -0.15) is 0 Å². The van der Waals surface area contributed by atoms with Gasteiger partial charge >= 0.3 is 0 Å². The van der Waals surface area contributed by atoms with Gasteiger partial charge in [-0.3, -0.25) is 4.98 Å². The first-order valence-corrected chi connectivity index (χ1v) is 11.3. The van der Waals surface area contributed by atoms with Crippen LogP contribution < -0.4 is 4.74 Å². The Morgan fingerprint density at radius 3 is 1.70 bits per heavy atom. The number of methoxy groups -OCH3 is 1. The van der Waals surface area contributed by atoms with Crippen LogP contribution in [0.4, 0.5) is 0 Å². The van der Waals surface area contributed by atoms with Gasteiger partial charge in [-0.1, -0.05) is 66.7 Å². The fraction of sp³-hybridized carbons (Fsp3) is 0.129. The van der Waals surface area contributed by atoms with Crippen molar-refractivity contribution in [2.24, 2.45) is 0 Å². The molecule has 5 aromatic rings. The Kier molecular flexibility index (Phi) is 5.43. The van der Waals surface area contributed by atoms with Crippen molar-refractivity contribution in [3.63, 3.8) is 0 Å². The molecule has 0 N–H and O–H groups in total. The molecule has 0 aliphatic rings. The zero-order chi connectivity index (χ0) is 22.9. The average molecular weight is 430 g/mol. The monoisotopic (exact) mass is 429 g/mol. The summed E-state index contributed by atoms with van der Waals surface area (Å²) in [4.78, 5) is 5.04. The maximum atomic E-state index is 5.78. The van der Waals surface area contributed by atoms with E-state index in [4.69, 9.17) is 9.72 Å². The van der Waals surface area contributed by atoms with E-state index in [9.17, 15) is 0 Å². The Labute approximate surface area is 195 Å². The molecule has 0 atom stereocenters. The van der Waals surface area contributed by atoms with Gasteiger partial charge in [0.05, 0.1) is 12.8 Å². The third kappa shape index (κ3) is 3.89. The topological polar surface area (TPSA) is 22.1 Å². The average Bonchev–Trinajstić information content (AvgIpc) is 2.86. The minimum atomic E-state index is 0.921. The van der Waals surface area contributed by atoms with Crippen molar-refractivity contribution in [2.45, 2.75) is 20.8 Å².